The molecule has 2 saturated heterocycles. The summed E-state index contributed by atoms with van der Waals surface area (Å²) in [6, 6.07) is 12.3. The number of likely N-dealkylation sites (tertiary alicyclic amines) is 1. The number of halogens is 1. The highest BCUT2D eigenvalue weighted by Gasteiger charge is 2.68. The number of hydrogen-bond donors (Lipinski definition) is 3. The van der Waals surface area contributed by atoms with E-state index in [9.17, 15) is 19.5 Å². The minimum atomic E-state index is -1.68. The standard InChI is InChI=1S/C27H28BrN3O5/c1-3-4-11-31-24(32)21-22(25(31)33)27(26(34)35,13-15-14-29-19-8-6-5-7-17(15)19)30-23(21)18-12-16(28)9-10-20(18)36-2/h5-10,12,14,21-23,29-30H,3-4,11,13H2,1-2H3,(H,34,35). The minimum absolute atomic E-state index is 0.0426. The fourth-order valence-corrected chi connectivity index (χ4v) is 6.21. The molecule has 4 unspecified atom stereocenters. The summed E-state index contributed by atoms with van der Waals surface area (Å²) < 4.78 is 6.35. The Balaban J connectivity index is 1.67. The summed E-state index contributed by atoms with van der Waals surface area (Å²) in [5.74, 6) is -3.31. The Morgan fingerprint density at radius 3 is 2.69 bits per heavy atom. The lowest BCUT2D eigenvalue weighted by molar-refractivity contribution is -0.151. The average molecular weight is 554 g/mol. The van der Waals surface area contributed by atoms with Gasteiger partial charge in [-0.05, 0) is 36.2 Å². The second kappa shape index (κ2) is 9.37. The van der Waals surface area contributed by atoms with Gasteiger partial charge in [-0.15, -0.1) is 0 Å². The molecule has 188 valence electrons. The van der Waals surface area contributed by atoms with Gasteiger partial charge in [-0.3, -0.25) is 24.6 Å². The first-order valence-electron chi connectivity index (χ1n) is 12.1. The second-order valence-corrected chi connectivity index (χ2v) is 10.4. The van der Waals surface area contributed by atoms with Crippen molar-refractivity contribution in [1.82, 2.24) is 15.2 Å². The number of methoxy groups -OCH3 is 1. The first kappa shape index (κ1) is 24.5. The molecule has 0 bridgehead atoms. The molecule has 2 aliphatic rings. The number of nitrogens with one attached hydrogen (secondary N) is 2. The number of carboxylic acids is 1. The summed E-state index contributed by atoms with van der Waals surface area (Å²) >= 11 is 3.49. The smallest absolute Gasteiger partial charge is 0.325 e. The number of amides is 2. The van der Waals surface area contributed by atoms with Gasteiger partial charge in [0.05, 0.1) is 18.9 Å². The van der Waals surface area contributed by atoms with Gasteiger partial charge in [0.25, 0.3) is 0 Å². The third kappa shape index (κ3) is 3.72. The van der Waals surface area contributed by atoms with Crippen LogP contribution in [0.2, 0.25) is 0 Å². The van der Waals surface area contributed by atoms with Crippen LogP contribution in [-0.4, -0.2) is 52.0 Å². The molecule has 3 heterocycles. The van der Waals surface area contributed by atoms with E-state index in [2.05, 4.69) is 26.2 Å². The van der Waals surface area contributed by atoms with Crippen molar-refractivity contribution < 1.29 is 24.2 Å². The molecule has 0 aliphatic carbocycles. The van der Waals surface area contributed by atoms with Crippen LogP contribution in [-0.2, 0) is 20.8 Å². The lowest BCUT2D eigenvalue weighted by Crippen LogP contribution is -2.57. The molecule has 2 fully saturated rings. The van der Waals surface area contributed by atoms with Gasteiger partial charge in [-0.2, -0.15) is 0 Å². The van der Waals surface area contributed by atoms with Gasteiger partial charge in [0, 0.05) is 46.1 Å². The van der Waals surface area contributed by atoms with Crippen LogP contribution in [0.25, 0.3) is 10.9 Å². The molecule has 4 atom stereocenters. The monoisotopic (exact) mass is 553 g/mol. The molecular formula is C27H28BrN3O5. The highest BCUT2D eigenvalue weighted by atomic mass is 79.9. The number of hydrogen-bond acceptors (Lipinski definition) is 5. The molecule has 2 amide bonds. The number of nitrogens with zero attached hydrogens (tertiary/aromatic N) is 1. The third-order valence-corrected chi connectivity index (χ3v) is 8.03. The van der Waals surface area contributed by atoms with Gasteiger partial charge in [0.1, 0.15) is 11.3 Å². The van der Waals surface area contributed by atoms with Crippen LogP contribution < -0.4 is 10.1 Å². The zero-order valence-electron chi connectivity index (χ0n) is 20.1. The number of unbranched alkanes of at least 4 members (excludes halogenated alkanes) is 1. The van der Waals surface area contributed by atoms with Crippen LogP contribution >= 0.6 is 15.9 Å². The number of carbonyl (C=O) groups is 3. The van der Waals surface area contributed by atoms with Gasteiger partial charge in [-0.25, -0.2) is 0 Å². The number of aromatic amines is 1. The molecule has 36 heavy (non-hydrogen) atoms. The van der Waals surface area contributed by atoms with E-state index in [1.165, 1.54) is 12.0 Å². The first-order chi connectivity index (χ1) is 17.3. The molecule has 5 rings (SSSR count). The highest BCUT2D eigenvalue weighted by molar-refractivity contribution is 9.10. The van der Waals surface area contributed by atoms with Crippen molar-refractivity contribution in [3.05, 3.63) is 64.3 Å². The molecule has 8 nitrogen and oxygen atoms in total. The van der Waals surface area contributed by atoms with E-state index in [0.29, 0.717) is 17.7 Å². The number of para-hydroxylation sites is 1. The molecule has 1 aromatic heterocycles. The van der Waals surface area contributed by atoms with Crippen molar-refractivity contribution in [2.45, 2.75) is 37.8 Å². The maximum atomic E-state index is 13.8. The van der Waals surface area contributed by atoms with Crippen LogP contribution in [0.15, 0.2) is 53.1 Å². The van der Waals surface area contributed by atoms with E-state index in [4.69, 9.17) is 4.74 Å². The predicted octanol–water partition coefficient (Wildman–Crippen LogP) is 4.05. The van der Waals surface area contributed by atoms with E-state index < -0.39 is 35.3 Å². The summed E-state index contributed by atoms with van der Waals surface area (Å²) in [4.78, 5) is 45.0. The number of rotatable bonds is 8. The zero-order chi connectivity index (χ0) is 25.6. The zero-order valence-corrected chi connectivity index (χ0v) is 21.7. The number of aliphatic carboxylic acids is 1. The van der Waals surface area contributed by atoms with Gasteiger partial charge in [0.15, 0.2) is 0 Å². The van der Waals surface area contributed by atoms with Crippen LogP contribution in [0.3, 0.4) is 0 Å². The van der Waals surface area contributed by atoms with Crippen molar-refractivity contribution in [2.75, 3.05) is 13.7 Å². The van der Waals surface area contributed by atoms with Crippen molar-refractivity contribution in [1.29, 1.82) is 0 Å². The van der Waals surface area contributed by atoms with E-state index in [1.807, 2.05) is 43.3 Å². The molecule has 3 aromatic rings. The maximum Gasteiger partial charge on any atom is 0.325 e. The fourth-order valence-electron chi connectivity index (χ4n) is 5.83. The lowest BCUT2D eigenvalue weighted by Gasteiger charge is -2.31. The van der Waals surface area contributed by atoms with E-state index in [1.54, 1.807) is 12.3 Å². The quantitative estimate of drug-likeness (QED) is 0.363. The van der Waals surface area contributed by atoms with Crippen molar-refractivity contribution >= 4 is 44.6 Å². The van der Waals surface area contributed by atoms with Crippen molar-refractivity contribution in [3.8, 4) is 5.75 Å². The third-order valence-electron chi connectivity index (χ3n) is 7.53. The number of benzene rings is 2. The largest absolute Gasteiger partial charge is 0.496 e. The topological polar surface area (TPSA) is 112 Å². The van der Waals surface area contributed by atoms with Crippen molar-refractivity contribution in [3.63, 3.8) is 0 Å². The Bertz CT molecular complexity index is 1350. The summed E-state index contributed by atoms with van der Waals surface area (Å²) in [5.41, 5.74) is 0.614. The summed E-state index contributed by atoms with van der Waals surface area (Å²) in [6.07, 6.45) is 3.31. The minimum Gasteiger partial charge on any atom is -0.496 e. The summed E-state index contributed by atoms with van der Waals surface area (Å²) in [5, 5.41) is 14.9. The van der Waals surface area contributed by atoms with Crippen LogP contribution in [0.1, 0.15) is 36.9 Å². The SMILES string of the molecule is CCCCN1C(=O)C2C(c3cc(Br)ccc3OC)NC(Cc3c[nH]c4ccccc34)(C(=O)O)C2C1=O. The number of H-pyrrole nitrogens is 1. The fraction of sp³-hybridized carbons (Fsp3) is 0.370. The number of fused-ring (bicyclic) bond motifs is 2. The molecular weight excluding hydrogens is 526 g/mol. The van der Waals surface area contributed by atoms with Crippen LogP contribution in [0.5, 0.6) is 5.75 Å². The van der Waals surface area contributed by atoms with Gasteiger partial charge < -0.3 is 14.8 Å². The molecule has 2 aliphatic heterocycles. The maximum absolute atomic E-state index is 13.8. The molecule has 0 radical (unpaired) electrons. The summed E-state index contributed by atoms with van der Waals surface area (Å²) in [6.45, 7) is 2.27. The Morgan fingerprint density at radius 1 is 1.19 bits per heavy atom. The summed E-state index contributed by atoms with van der Waals surface area (Å²) in [7, 11) is 1.53. The first-order valence-corrected chi connectivity index (χ1v) is 12.9. The number of ether oxygens (including phenoxy) is 1. The molecule has 3 N–H and O–H groups in total. The Labute approximate surface area is 217 Å². The number of aromatic nitrogens is 1. The molecule has 0 saturated carbocycles. The van der Waals surface area contributed by atoms with Crippen molar-refractivity contribution in [2.24, 2.45) is 11.8 Å². The van der Waals surface area contributed by atoms with Gasteiger partial charge in [-0.1, -0.05) is 47.5 Å². The molecule has 0 spiro atoms. The van der Waals surface area contributed by atoms with Gasteiger partial charge >= 0.3 is 5.97 Å². The highest BCUT2D eigenvalue weighted by Crippen LogP contribution is 2.52. The normalized spacial score (nSPS) is 25.5. The molecule has 2 aromatic carbocycles. The molecule has 9 heteroatoms. The number of carboxylic acid groups (broad SMARTS) is 1. The van der Waals surface area contributed by atoms with Gasteiger partial charge in [0.2, 0.25) is 11.8 Å². The average Bonchev–Trinajstić information content (AvgIpc) is 3.51. The Hall–Kier alpha value is -3.17. The van der Waals surface area contributed by atoms with E-state index >= 15 is 0 Å². The predicted molar refractivity (Wildman–Crippen MR) is 138 cm³/mol. The number of imide groups is 1. The van der Waals surface area contributed by atoms with Crippen LogP contribution in [0.4, 0.5) is 0 Å². The Morgan fingerprint density at radius 2 is 1.97 bits per heavy atom. The van der Waals surface area contributed by atoms with Crippen LogP contribution in [0, 0.1) is 11.8 Å². The Kier molecular flexibility index (Phi) is 6.38. The van der Waals surface area contributed by atoms with E-state index in [-0.39, 0.29) is 18.9 Å². The number of carbonyl (C=O) groups excluding carboxylic acids is 2. The second-order valence-electron chi connectivity index (χ2n) is 9.51. The lowest BCUT2D eigenvalue weighted by atomic mass is 9.76. The van der Waals surface area contributed by atoms with E-state index in [0.717, 1.165) is 27.4 Å².